The predicted octanol–water partition coefficient (Wildman–Crippen LogP) is 1.92. The molecule has 0 fully saturated rings. The summed E-state index contributed by atoms with van der Waals surface area (Å²) < 4.78 is 13.2. The Bertz CT molecular complexity index is 469. The molecule has 0 aliphatic carbocycles. The number of hydrogen-bond acceptors (Lipinski definition) is 3. The van der Waals surface area contributed by atoms with Crippen LogP contribution in [0.5, 0.6) is 5.75 Å². The Morgan fingerprint density at radius 1 is 1.37 bits per heavy atom. The van der Waals surface area contributed by atoms with Gasteiger partial charge in [-0.2, -0.15) is 0 Å². The van der Waals surface area contributed by atoms with Gasteiger partial charge in [0.15, 0.2) is 6.04 Å². The third kappa shape index (κ3) is 3.67. The van der Waals surface area contributed by atoms with E-state index in [1.807, 2.05) is 0 Å². The normalized spacial score (nSPS) is 11.9. The van der Waals surface area contributed by atoms with Crippen molar-refractivity contribution >= 4 is 11.9 Å². The highest BCUT2D eigenvalue weighted by Gasteiger charge is 2.29. The average molecular weight is 269 g/mol. The van der Waals surface area contributed by atoms with Crippen molar-refractivity contribution in [2.45, 2.75) is 26.3 Å². The van der Waals surface area contributed by atoms with E-state index < -0.39 is 23.7 Å². The standard InChI is InChI=1S/C13H16FNO4/c1-3-4-15(8(2)16)12(13(18)19)9-5-10(14)7-11(17)6-9/h5-7,12,17H,3-4H2,1-2H3,(H,18,19). The van der Waals surface area contributed by atoms with Crippen LogP contribution in [0.1, 0.15) is 31.9 Å². The Morgan fingerprint density at radius 3 is 2.42 bits per heavy atom. The topological polar surface area (TPSA) is 77.8 Å². The molecule has 1 aromatic carbocycles. The molecule has 0 heterocycles. The van der Waals surface area contributed by atoms with Crippen LogP contribution < -0.4 is 0 Å². The minimum Gasteiger partial charge on any atom is -0.508 e. The second-order valence-electron chi connectivity index (χ2n) is 4.20. The van der Waals surface area contributed by atoms with E-state index >= 15 is 0 Å². The van der Waals surface area contributed by atoms with Crippen LogP contribution in [-0.2, 0) is 9.59 Å². The Kier molecular flexibility index (Phi) is 4.86. The number of carbonyl (C=O) groups excluding carboxylic acids is 1. The molecule has 1 atom stereocenters. The summed E-state index contributed by atoms with van der Waals surface area (Å²) in [6.45, 7) is 3.30. The Labute approximate surface area is 110 Å². The zero-order valence-corrected chi connectivity index (χ0v) is 10.8. The molecule has 1 rings (SSSR count). The molecule has 0 saturated carbocycles. The summed E-state index contributed by atoms with van der Waals surface area (Å²) in [5.74, 6) is -2.81. The number of amides is 1. The fraction of sp³-hybridized carbons (Fsp3) is 0.385. The van der Waals surface area contributed by atoms with Gasteiger partial charge in [0.2, 0.25) is 5.91 Å². The second-order valence-corrected chi connectivity index (χ2v) is 4.20. The third-order valence-electron chi connectivity index (χ3n) is 2.64. The molecule has 0 saturated heterocycles. The molecule has 0 aliphatic heterocycles. The van der Waals surface area contributed by atoms with Crippen LogP contribution in [0.3, 0.4) is 0 Å². The number of phenols is 1. The fourth-order valence-corrected chi connectivity index (χ4v) is 1.92. The highest BCUT2D eigenvalue weighted by molar-refractivity contribution is 5.83. The van der Waals surface area contributed by atoms with E-state index in [4.69, 9.17) is 0 Å². The van der Waals surface area contributed by atoms with Gasteiger partial charge in [-0.05, 0) is 24.1 Å². The van der Waals surface area contributed by atoms with E-state index in [0.717, 1.165) is 23.1 Å². The number of carboxylic acids is 1. The summed E-state index contributed by atoms with van der Waals surface area (Å²) in [6.07, 6.45) is 0.574. The molecule has 0 aromatic heterocycles. The lowest BCUT2D eigenvalue weighted by Crippen LogP contribution is -2.38. The number of halogens is 1. The van der Waals surface area contributed by atoms with Gasteiger partial charge in [-0.25, -0.2) is 9.18 Å². The first-order valence-corrected chi connectivity index (χ1v) is 5.86. The van der Waals surface area contributed by atoms with Crippen molar-refractivity contribution in [1.82, 2.24) is 4.90 Å². The summed E-state index contributed by atoms with van der Waals surface area (Å²) >= 11 is 0. The van der Waals surface area contributed by atoms with Gasteiger partial charge in [0.25, 0.3) is 0 Å². The molecular formula is C13H16FNO4. The maximum absolute atomic E-state index is 13.2. The summed E-state index contributed by atoms with van der Waals surface area (Å²) in [4.78, 5) is 24.0. The van der Waals surface area contributed by atoms with Gasteiger partial charge in [0, 0.05) is 19.5 Å². The third-order valence-corrected chi connectivity index (χ3v) is 2.64. The zero-order valence-electron chi connectivity index (χ0n) is 10.8. The molecule has 0 aliphatic rings. The SMILES string of the molecule is CCCN(C(C)=O)C(C(=O)O)c1cc(O)cc(F)c1. The number of carbonyl (C=O) groups is 2. The van der Waals surface area contributed by atoms with Crippen molar-refractivity contribution in [1.29, 1.82) is 0 Å². The van der Waals surface area contributed by atoms with Crippen LogP contribution in [0.4, 0.5) is 4.39 Å². The predicted molar refractivity (Wildman–Crippen MR) is 66.1 cm³/mol. The monoisotopic (exact) mass is 269 g/mol. The van der Waals surface area contributed by atoms with Crippen molar-refractivity contribution < 1.29 is 24.2 Å². The number of carboxylic acid groups (broad SMARTS) is 1. The Hall–Kier alpha value is -2.11. The highest BCUT2D eigenvalue weighted by Crippen LogP contribution is 2.26. The van der Waals surface area contributed by atoms with E-state index in [1.165, 1.54) is 6.92 Å². The molecular weight excluding hydrogens is 253 g/mol. The number of nitrogens with zero attached hydrogens (tertiary/aromatic N) is 1. The van der Waals surface area contributed by atoms with Gasteiger partial charge in [-0.1, -0.05) is 6.92 Å². The van der Waals surface area contributed by atoms with Crippen LogP contribution in [0, 0.1) is 5.82 Å². The summed E-state index contributed by atoms with van der Waals surface area (Å²) in [7, 11) is 0. The number of aliphatic carboxylic acids is 1. The fourth-order valence-electron chi connectivity index (χ4n) is 1.92. The minimum absolute atomic E-state index is 0.0358. The quantitative estimate of drug-likeness (QED) is 0.856. The van der Waals surface area contributed by atoms with E-state index in [9.17, 15) is 24.2 Å². The van der Waals surface area contributed by atoms with Crippen molar-refractivity contribution in [3.63, 3.8) is 0 Å². The zero-order chi connectivity index (χ0) is 14.6. The first-order valence-electron chi connectivity index (χ1n) is 5.86. The largest absolute Gasteiger partial charge is 0.508 e. The average Bonchev–Trinajstić information content (AvgIpc) is 2.26. The van der Waals surface area contributed by atoms with Gasteiger partial charge < -0.3 is 15.1 Å². The van der Waals surface area contributed by atoms with E-state index in [0.29, 0.717) is 6.42 Å². The lowest BCUT2D eigenvalue weighted by Gasteiger charge is -2.28. The molecule has 1 aromatic rings. The van der Waals surface area contributed by atoms with Crippen LogP contribution in [0.25, 0.3) is 0 Å². The van der Waals surface area contributed by atoms with Crippen LogP contribution in [0.2, 0.25) is 0 Å². The maximum Gasteiger partial charge on any atom is 0.331 e. The Balaban J connectivity index is 3.25. The number of phenolic OH excluding ortho intramolecular Hbond substituents is 1. The minimum atomic E-state index is -1.31. The molecule has 0 bridgehead atoms. The first kappa shape index (κ1) is 14.9. The molecule has 0 spiro atoms. The number of hydrogen-bond donors (Lipinski definition) is 2. The van der Waals surface area contributed by atoms with Crippen LogP contribution in [0.15, 0.2) is 18.2 Å². The van der Waals surface area contributed by atoms with Crippen LogP contribution >= 0.6 is 0 Å². The summed E-state index contributed by atoms with van der Waals surface area (Å²) in [5, 5.41) is 18.6. The van der Waals surface area contributed by atoms with Gasteiger partial charge in [-0.3, -0.25) is 4.79 Å². The Morgan fingerprint density at radius 2 is 2.00 bits per heavy atom. The van der Waals surface area contributed by atoms with E-state index in [-0.39, 0.29) is 17.9 Å². The van der Waals surface area contributed by atoms with Gasteiger partial charge in [-0.15, -0.1) is 0 Å². The van der Waals surface area contributed by atoms with E-state index in [2.05, 4.69) is 0 Å². The molecule has 6 heteroatoms. The summed E-state index contributed by atoms with van der Waals surface area (Å²) in [5.41, 5.74) is 0.0358. The first-order chi connectivity index (χ1) is 8.86. The molecule has 5 nitrogen and oxygen atoms in total. The van der Waals surface area contributed by atoms with E-state index in [1.54, 1.807) is 6.92 Å². The molecule has 1 amide bonds. The number of rotatable bonds is 5. The highest BCUT2D eigenvalue weighted by atomic mass is 19.1. The van der Waals surface area contributed by atoms with Crippen molar-refractivity contribution in [3.8, 4) is 5.75 Å². The molecule has 2 N–H and O–H groups in total. The van der Waals surface area contributed by atoms with Gasteiger partial charge in [0.1, 0.15) is 11.6 Å². The van der Waals surface area contributed by atoms with Gasteiger partial charge >= 0.3 is 5.97 Å². The smallest absolute Gasteiger partial charge is 0.331 e. The number of benzene rings is 1. The van der Waals surface area contributed by atoms with Crippen molar-refractivity contribution in [3.05, 3.63) is 29.6 Å². The van der Waals surface area contributed by atoms with Crippen molar-refractivity contribution in [2.24, 2.45) is 0 Å². The lowest BCUT2D eigenvalue weighted by atomic mass is 10.0. The van der Waals surface area contributed by atoms with Crippen molar-refractivity contribution in [2.75, 3.05) is 6.54 Å². The lowest BCUT2D eigenvalue weighted by molar-refractivity contribution is -0.149. The molecule has 0 radical (unpaired) electrons. The molecule has 1 unspecified atom stereocenters. The van der Waals surface area contributed by atoms with Crippen LogP contribution in [-0.4, -0.2) is 33.5 Å². The van der Waals surface area contributed by atoms with Gasteiger partial charge in [0.05, 0.1) is 0 Å². The maximum atomic E-state index is 13.2. The summed E-state index contributed by atoms with van der Waals surface area (Å²) in [6, 6.07) is 1.72. The second kappa shape index (κ2) is 6.17. The molecule has 19 heavy (non-hydrogen) atoms. The number of aromatic hydroxyl groups is 1. The molecule has 104 valence electrons.